The van der Waals surface area contributed by atoms with Gasteiger partial charge in [-0.25, -0.2) is 0 Å². The van der Waals surface area contributed by atoms with Crippen LogP contribution in [0.4, 0.5) is 11.4 Å². The maximum absolute atomic E-state index is 12.5. The van der Waals surface area contributed by atoms with E-state index in [-0.39, 0.29) is 12.7 Å². The van der Waals surface area contributed by atoms with Gasteiger partial charge in [0, 0.05) is 35.2 Å². The highest BCUT2D eigenvalue weighted by Crippen LogP contribution is 2.34. The number of rotatable bonds is 6. The Morgan fingerprint density at radius 2 is 1.82 bits per heavy atom. The molecule has 1 aliphatic rings. The minimum Gasteiger partial charge on any atom is -0.454 e. The number of amides is 1. The highest BCUT2D eigenvalue weighted by molar-refractivity contribution is 6.30. The van der Waals surface area contributed by atoms with Crippen molar-refractivity contribution < 1.29 is 14.3 Å². The summed E-state index contributed by atoms with van der Waals surface area (Å²) in [5.74, 6) is 0.992. The Labute approximate surface area is 167 Å². The van der Waals surface area contributed by atoms with Crippen molar-refractivity contribution in [3.8, 4) is 11.5 Å². The maximum Gasteiger partial charge on any atom is 0.274 e. The van der Waals surface area contributed by atoms with Crippen molar-refractivity contribution in [1.82, 2.24) is 4.98 Å². The number of carbonyl (C=O) groups is 1. The third-order valence-corrected chi connectivity index (χ3v) is 4.53. The van der Waals surface area contributed by atoms with Gasteiger partial charge in [0.2, 0.25) is 6.79 Å². The van der Waals surface area contributed by atoms with Crippen molar-refractivity contribution >= 4 is 28.9 Å². The van der Waals surface area contributed by atoms with Gasteiger partial charge >= 0.3 is 0 Å². The van der Waals surface area contributed by atoms with Crippen LogP contribution >= 0.6 is 11.6 Å². The van der Waals surface area contributed by atoms with E-state index in [4.69, 9.17) is 21.1 Å². The number of carbonyl (C=O) groups excluding carboxylic acids is 1. The third-order valence-electron chi connectivity index (χ3n) is 4.28. The molecule has 1 amide bonds. The molecule has 7 heteroatoms. The second kappa shape index (κ2) is 8.19. The monoisotopic (exact) mass is 395 g/mol. The normalized spacial score (nSPS) is 11.9. The van der Waals surface area contributed by atoms with Crippen LogP contribution in [0.1, 0.15) is 16.1 Å². The Balaban J connectivity index is 1.36. The second-order valence-corrected chi connectivity index (χ2v) is 6.69. The lowest BCUT2D eigenvalue weighted by atomic mass is 10.1. The van der Waals surface area contributed by atoms with Crippen LogP contribution in [0.2, 0.25) is 5.02 Å². The molecule has 2 aromatic carbocycles. The van der Waals surface area contributed by atoms with Gasteiger partial charge in [-0.3, -0.25) is 9.78 Å². The standard InChI is InChI=1S/C21H18ClN3O3/c22-15-3-1-14(2-4-15)7-9-23-16-8-10-24-18(11-16)21(26)25-17-5-6-19-20(12-17)28-13-27-19/h1-6,8,10-12H,7,9,13H2,(H,23,24)(H,25,26). The quantitative estimate of drug-likeness (QED) is 0.648. The molecular weight excluding hydrogens is 378 g/mol. The molecule has 0 atom stereocenters. The summed E-state index contributed by atoms with van der Waals surface area (Å²) in [6.07, 6.45) is 2.46. The van der Waals surface area contributed by atoms with Gasteiger partial charge in [-0.1, -0.05) is 23.7 Å². The van der Waals surface area contributed by atoms with E-state index in [0.717, 1.165) is 23.7 Å². The second-order valence-electron chi connectivity index (χ2n) is 6.26. The highest BCUT2D eigenvalue weighted by Gasteiger charge is 2.15. The topological polar surface area (TPSA) is 72.5 Å². The molecule has 3 aromatic rings. The molecule has 0 aliphatic carbocycles. The molecule has 28 heavy (non-hydrogen) atoms. The first kappa shape index (κ1) is 18.1. The van der Waals surface area contributed by atoms with Crippen molar-refractivity contribution in [3.63, 3.8) is 0 Å². The third kappa shape index (κ3) is 4.35. The summed E-state index contributed by atoms with van der Waals surface area (Å²) in [5.41, 5.74) is 2.97. The van der Waals surface area contributed by atoms with E-state index in [9.17, 15) is 4.79 Å². The zero-order chi connectivity index (χ0) is 19.3. The number of aromatic nitrogens is 1. The zero-order valence-electron chi connectivity index (χ0n) is 14.9. The minimum atomic E-state index is -0.291. The maximum atomic E-state index is 12.5. The average molecular weight is 396 g/mol. The molecule has 0 unspecified atom stereocenters. The Kier molecular flexibility index (Phi) is 5.30. The van der Waals surface area contributed by atoms with Crippen LogP contribution in [0.3, 0.4) is 0 Å². The smallest absolute Gasteiger partial charge is 0.274 e. The van der Waals surface area contributed by atoms with Crippen molar-refractivity contribution in [3.05, 3.63) is 77.1 Å². The Morgan fingerprint density at radius 1 is 1.00 bits per heavy atom. The fourth-order valence-corrected chi connectivity index (χ4v) is 2.96. The van der Waals surface area contributed by atoms with Gasteiger partial charge in [0.05, 0.1) is 0 Å². The van der Waals surface area contributed by atoms with Gasteiger partial charge in [0.1, 0.15) is 5.69 Å². The molecular formula is C21H18ClN3O3. The van der Waals surface area contributed by atoms with Crippen molar-refractivity contribution in [2.45, 2.75) is 6.42 Å². The zero-order valence-corrected chi connectivity index (χ0v) is 15.7. The first-order valence-corrected chi connectivity index (χ1v) is 9.20. The van der Waals surface area contributed by atoms with E-state index in [1.807, 2.05) is 30.3 Å². The summed E-state index contributed by atoms with van der Waals surface area (Å²) in [6, 6.07) is 16.6. The first-order valence-electron chi connectivity index (χ1n) is 8.83. The fourth-order valence-electron chi connectivity index (χ4n) is 2.84. The first-order chi connectivity index (χ1) is 13.7. The van der Waals surface area contributed by atoms with Crippen LogP contribution in [-0.2, 0) is 6.42 Å². The van der Waals surface area contributed by atoms with Gasteiger partial charge in [-0.05, 0) is 48.4 Å². The molecule has 0 bridgehead atoms. The SMILES string of the molecule is O=C(Nc1ccc2c(c1)OCO2)c1cc(NCCc2ccc(Cl)cc2)ccn1. The van der Waals surface area contributed by atoms with Crippen molar-refractivity contribution in [2.24, 2.45) is 0 Å². The number of anilines is 2. The van der Waals surface area contributed by atoms with Crippen LogP contribution in [0.25, 0.3) is 0 Å². The van der Waals surface area contributed by atoms with Gasteiger partial charge in [-0.15, -0.1) is 0 Å². The summed E-state index contributed by atoms with van der Waals surface area (Å²) in [5, 5.41) is 6.86. The summed E-state index contributed by atoms with van der Waals surface area (Å²) >= 11 is 5.90. The fraction of sp³-hybridized carbons (Fsp3) is 0.143. The molecule has 6 nitrogen and oxygen atoms in total. The van der Waals surface area contributed by atoms with Gasteiger partial charge in [0.15, 0.2) is 11.5 Å². The number of ether oxygens (including phenoxy) is 2. The van der Waals surface area contributed by atoms with Gasteiger partial charge in [-0.2, -0.15) is 0 Å². The van der Waals surface area contributed by atoms with Gasteiger partial charge < -0.3 is 20.1 Å². The van der Waals surface area contributed by atoms with Crippen molar-refractivity contribution in [1.29, 1.82) is 0 Å². The number of hydrogen-bond donors (Lipinski definition) is 2. The molecule has 4 rings (SSSR count). The van der Waals surface area contributed by atoms with Crippen LogP contribution < -0.4 is 20.1 Å². The van der Waals surface area contributed by atoms with E-state index < -0.39 is 0 Å². The number of halogens is 1. The van der Waals surface area contributed by atoms with E-state index in [1.165, 1.54) is 5.56 Å². The van der Waals surface area contributed by atoms with E-state index in [0.29, 0.717) is 22.9 Å². The largest absolute Gasteiger partial charge is 0.454 e. The number of pyridine rings is 1. The summed E-state index contributed by atoms with van der Waals surface area (Å²) in [4.78, 5) is 16.7. The number of hydrogen-bond acceptors (Lipinski definition) is 5. The lowest BCUT2D eigenvalue weighted by molar-refractivity contribution is 0.102. The number of nitrogens with zero attached hydrogens (tertiary/aromatic N) is 1. The van der Waals surface area contributed by atoms with Crippen LogP contribution in [-0.4, -0.2) is 24.2 Å². The van der Waals surface area contributed by atoms with Crippen LogP contribution in [0.15, 0.2) is 60.8 Å². The lowest BCUT2D eigenvalue weighted by Crippen LogP contribution is -2.14. The Bertz CT molecular complexity index is 992. The van der Waals surface area contributed by atoms with E-state index in [2.05, 4.69) is 15.6 Å². The number of benzene rings is 2. The number of fused-ring (bicyclic) bond motifs is 1. The Hall–Kier alpha value is -3.25. The molecule has 2 heterocycles. The van der Waals surface area contributed by atoms with E-state index in [1.54, 1.807) is 30.5 Å². The number of nitrogens with one attached hydrogen (secondary N) is 2. The van der Waals surface area contributed by atoms with Crippen molar-refractivity contribution in [2.75, 3.05) is 24.0 Å². The predicted octanol–water partition coefficient (Wildman–Crippen LogP) is 4.37. The molecule has 0 spiro atoms. The van der Waals surface area contributed by atoms with Crippen LogP contribution in [0.5, 0.6) is 11.5 Å². The highest BCUT2D eigenvalue weighted by atomic mass is 35.5. The van der Waals surface area contributed by atoms with Gasteiger partial charge in [0.25, 0.3) is 5.91 Å². The summed E-state index contributed by atoms with van der Waals surface area (Å²) in [7, 11) is 0. The molecule has 2 N–H and O–H groups in total. The summed E-state index contributed by atoms with van der Waals surface area (Å²) in [6.45, 7) is 0.924. The summed E-state index contributed by atoms with van der Waals surface area (Å²) < 4.78 is 10.6. The minimum absolute atomic E-state index is 0.192. The molecule has 142 valence electrons. The molecule has 1 aromatic heterocycles. The molecule has 1 aliphatic heterocycles. The molecule has 0 radical (unpaired) electrons. The predicted molar refractivity (Wildman–Crippen MR) is 108 cm³/mol. The molecule has 0 saturated heterocycles. The molecule has 0 saturated carbocycles. The molecule has 0 fully saturated rings. The average Bonchev–Trinajstić information content (AvgIpc) is 3.18. The lowest BCUT2D eigenvalue weighted by Gasteiger charge is -2.09. The van der Waals surface area contributed by atoms with E-state index >= 15 is 0 Å². The Morgan fingerprint density at radius 3 is 2.68 bits per heavy atom. The van der Waals surface area contributed by atoms with Crippen LogP contribution in [0, 0.1) is 0 Å².